The highest BCUT2D eigenvalue weighted by atomic mass is 16.3. The summed E-state index contributed by atoms with van der Waals surface area (Å²) in [5, 5.41) is 10.5. The van der Waals surface area contributed by atoms with Crippen molar-refractivity contribution in [2.45, 2.75) is 76.2 Å². The van der Waals surface area contributed by atoms with Crippen molar-refractivity contribution < 1.29 is 5.11 Å². The lowest BCUT2D eigenvalue weighted by atomic mass is 9.68. The Morgan fingerprint density at radius 3 is 1.89 bits per heavy atom. The summed E-state index contributed by atoms with van der Waals surface area (Å²) in [6.45, 7) is 3.42. The summed E-state index contributed by atoms with van der Waals surface area (Å²) >= 11 is 0. The minimum atomic E-state index is -0.336. The highest BCUT2D eigenvalue weighted by Crippen LogP contribution is 2.45. The molecule has 2 nitrogen and oxygen atoms in total. The Hall–Kier alpha value is -0.0800. The Kier molecular flexibility index (Phi) is 3.68. The lowest BCUT2D eigenvalue weighted by Gasteiger charge is -2.45. The Balaban J connectivity index is 1.50. The van der Waals surface area contributed by atoms with E-state index in [2.05, 4.69) is 4.90 Å². The van der Waals surface area contributed by atoms with Gasteiger partial charge < -0.3 is 10.0 Å². The van der Waals surface area contributed by atoms with Gasteiger partial charge in [-0.1, -0.05) is 32.1 Å². The van der Waals surface area contributed by atoms with Gasteiger partial charge in [-0.25, -0.2) is 0 Å². The second-order valence-corrected chi connectivity index (χ2v) is 7.27. The molecule has 0 radical (unpaired) electrons. The highest BCUT2D eigenvalue weighted by molar-refractivity contribution is 4.92. The van der Waals surface area contributed by atoms with Crippen LogP contribution in [0.2, 0.25) is 0 Å². The minimum Gasteiger partial charge on any atom is -0.389 e. The van der Waals surface area contributed by atoms with Crippen LogP contribution in [-0.2, 0) is 0 Å². The molecule has 3 rings (SSSR count). The van der Waals surface area contributed by atoms with E-state index in [1.807, 2.05) is 0 Å². The molecule has 1 heterocycles. The quantitative estimate of drug-likeness (QED) is 0.813. The number of likely N-dealkylation sites (tertiary alicyclic amines) is 1. The molecule has 18 heavy (non-hydrogen) atoms. The topological polar surface area (TPSA) is 23.5 Å². The molecular formula is C16H29NO. The Labute approximate surface area is 112 Å². The molecule has 3 fully saturated rings. The molecule has 1 spiro atoms. The predicted octanol–water partition coefficient (Wildman–Crippen LogP) is 3.34. The third kappa shape index (κ3) is 2.75. The van der Waals surface area contributed by atoms with Gasteiger partial charge in [-0.3, -0.25) is 0 Å². The van der Waals surface area contributed by atoms with E-state index in [9.17, 15) is 5.11 Å². The number of hydrogen-bond donors (Lipinski definition) is 1. The van der Waals surface area contributed by atoms with E-state index in [1.165, 1.54) is 70.9 Å². The number of piperidine rings is 1. The lowest BCUT2D eigenvalue weighted by molar-refractivity contribution is -0.0164. The van der Waals surface area contributed by atoms with Crippen molar-refractivity contribution in [3.05, 3.63) is 0 Å². The zero-order valence-corrected chi connectivity index (χ0v) is 11.8. The fourth-order valence-electron chi connectivity index (χ4n) is 4.59. The van der Waals surface area contributed by atoms with Gasteiger partial charge in [-0.2, -0.15) is 0 Å². The standard InChI is InChI=1S/C16H29NO/c18-16(8-4-5-9-16)14-17-12-10-15(11-13-17)6-2-1-3-7-15/h18H,1-14H2. The van der Waals surface area contributed by atoms with E-state index >= 15 is 0 Å². The summed E-state index contributed by atoms with van der Waals surface area (Å²) in [6.07, 6.45) is 14.7. The van der Waals surface area contributed by atoms with Crippen molar-refractivity contribution in [3.8, 4) is 0 Å². The number of aliphatic hydroxyl groups is 1. The summed E-state index contributed by atoms with van der Waals surface area (Å²) in [5.41, 5.74) is 0.365. The second-order valence-electron chi connectivity index (χ2n) is 7.27. The monoisotopic (exact) mass is 251 g/mol. The molecule has 0 bridgehead atoms. The average Bonchev–Trinajstić information content (AvgIpc) is 2.81. The van der Waals surface area contributed by atoms with E-state index in [0.717, 1.165) is 19.4 Å². The third-order valence-corrected chi connectivity index (χ3v) is 5.88. The van der Waals surface area contributed by atoms with Crippen molar-refractivity contribution in [2.75, 3.05) is 19.6 Å². The van der Waals surface area contributed by atoms with Crippen molar-refractivity contribution in [1.29, 1.82) is 0 Å². The number of β-amino-alcohol motifs (C(OH)–C–C–N with tert-alkyl or cyclic N) is 1. The van der Waals surface area contributed by atoms with Crippen LogP contribution in [0.4, 0.5) is 0 Å². The molecule has 0 amide bonds. The van der Waals surface area contributed by atoms with Crippen LogP contribution in [0.25, 0.3) is 0 Å². The molecule has 2 aliphatic carbocycles. The molecule has 0 aromatic rings. The van der Waals surface area contributed by atoms with Gasteiger partial charge >= 0.3 is 0 Å². The van der Waals surface area contributed by atoms with E-state index in [-0.39, 0.29) is 5.60 Å². The maximum Gasteiger partial charge on any atom is 0.0774 e. The second kappa shape index (κ2) is 5.13. The molecule has 0 aromatic carbocycles. The van der Waals surface area contributed by atoms with E-state index < -0.39 is 0 Å². The maximum atomic E-state index is 10.5. The van der Waals surface area contributed by atoms with Crippen LogP contribution in [0, 0.1) is 5.41 Å². The largest absolute Gasteiger partial charge is 0.389 e. The lowest BCUT2D eigenvalue weighted by Crippen LogP contribution is -2.47. The first-order valence-electron chi connectivity index (χ1n) is 8.15. The molecule has 1 aliphatic heterocycles. The van der Waals surface area contributed by atoms with E-state index in [1.54, 1.807) is 0 Å². The number of nitrogens with zero attached hydrogens (tertiary/aromatic N) is 1. The van der Waals surface area contributed by atoms with Crippen molar-refractivity contribution >= 4 is 0 Å². The fourth-order valence-corrected chi connectivity index (χ4v) is 4.59. The van der Waals surface area contributed by atoms with Crippen LogP contribution >= 0.6 is 0 Å². The van der Waals surface area contributed by atoms with Crippen LogP contribution in [0.5, 0.6) is 0 Å². The number of rotatable bonds is 2. The Morgan fingerprint density at radius 1 is 0.722 bits per heavy atom. The summed E-state index contributed by atoms with van der Waals surface area (Å²) in [5.74, 6) is 0. The van der Waals surface area contributed by atoms with Gasteiger partial charge in [-0.05, 0) is 57.0 Å². The SMILES string of the molecule is OC1(CN2CCC3(CCCCC3)CC2)CCCC1. The van der Waals surface area contributed by atoms with Crippen LogP contribution in [0.1, 0.15) is 70.6 Å². The maximum absolute atomic E-state index is 10.5. The summed E-state index contributed by atoms with van der Waals surface area (Å²) in [7, 11) is 0. The van der Waals surface area contributed by atoms with Crippen LogP contribution < -0.4 is 0 Å². The zero-order valence-electron chi connectivity index (χ0n) is 11.8. The third-order valence-electron chi connectivity index (χ3n) is 5.88. The molecular weight excluding hydrogens is 222 g/mol. The first kappa shape index (κ1) is 12.9. The van der Waals surface area contributed by atoms with Gasteiger partial charge in [0.15, 0.2) is 0 Å². The van der Waals surface area contributed by atoms with Gasteiger partial charge in [0.05, 0.1) is 5.60 Å². The van der Waals surface area contributed by atoms with Crippen LogP contribution in [-0.4, -0.2) is 35.2 Å². The van der Waals surface area contributed by atoms with Crippen LogP contribution in [0.15, 0.2) is 0 Å². The van der Waals surface area contributed by atoms with E-state index in [0.29, 0.717) is 5.41 Å². The van der Waals surface area contributed by atoms with Gasteiger partial charge in [0, 0.05) is 6.54 Å². The van der Waals surface area contributed by atoms with Gasteiger partial charge in [0.1, 0.15) is 0 Å². The minimum absolute atomic E-state index is 0.336. The van der Waals surface area contributed by atoms with Gasteiger partial charge in [-0.15, -0.1) is 0 Å². The molecule has 1 saturated heterocycles. The molecule has 0 atom stereocenters. The smallest absolute Gasteiger partial charge is 0.0774 e. The fraction of sp³-hybridized carbons (Fsp3) is 1.00. The zero-order chi connectivity index (χ0) is 12.5. The van der Waals surface area contributed by atoms with Crippen molar-refractivity contribution in [1.82, 2.24) is 4.90 Å². The molecule has 2 heteroatoms. The molecule has 2 saturated carbocycles. The van der Waals surface area contributed by atoms with Gasteiger partial charge in [0.25, 0.3) is 0 Å². The predicted molar refractivity (Wildman–Crippen MR) is 74.6 cm³/mol. The summed E-state index contributed by atoms with van der Waals surface area (Å²) < 4.78 is 0. The first-order valence-corrected chi connectivity index (χ1v) is 8.15. The molecule has 0 unspecified atom stereocenters. The first-order chi connectivity index (χ1) is 8.70. The molecule has 104 valence electrons. The molecule has 3 aliphatic rings. The van der Waals surface area contributed by atoms with Crippen LogP contribution in [0.3, 0.4) is 0 Å². The molecule has 1 N–H and O–H groups in total. The number of hydrogen-bond acceptors (Lipinski definition) is 2. The van der Waals surface area contributed by atoms with E-state index in [4.69, 9.17) is 0 Å². The van der Waals surface area contributed by atoms with Gasteiger partial charge in [0.2, 0.25) is 0 Å². The van der Waals surface area contributed by atoms with Crippen molar-refractivity contribution in [3.63, 3.8) is 0 Å². The Bertz CT molecular complexity index is 267. The normalized spacial score (nSPS) is 31.8. The summed E-state index contributed by atoms with van der Waals surface area (Å²) in [4.78, 5) is 2.55. The average molecular weight is 251 g/mol. The van der Waals surface area contributed by atoms with Crippen molar-refractivity contribution in [2.24, 2.45) is 5.41 Å². The summed E-state index contributed by atoms with van der Waals surface area (Å²) in [6, 6.07) is 0. The Morgan fingerprint density at radius 2 is 1.28 bits per heavy atom. The highest BCUT2D eigenvalue weighted by Gasteiger charge is 2.38. The molecule has 0 aromatic heterocycles.